The summed E-state index contributed by atoms with van der Waals surface area (Å²) in [5.74, 6) is 0.107. The van der Waals surface area contributed by atoms with Crippen LogP contribution in [0.25, 0.3) is 0 Å². The summed E-state index contributed by atoms with van der Waals surface area (Å²) in [6, 6.07) is 6.00. The Bertz CT molecular complexity index is 1160. The Balaban J connectivity index is 1.73. The number of hydrogen-bond acceptors (Lipinski definition) is 9. The van der Waals surface area contributed by atoms with Crippen molar-refractivity contribution in [2.75, 3.05) is 30.3 Å². The summed E-state index contributed by atoms with van der Waals surface area (Å²) in [4.78, 5) is 23.3. The van der Waals surface area contributed by atoms with Crippen LogP contribution in [0, 0.1) is 10.1 Å². The van der Waals surface area contributed by atoms with E-state index >= 15 is 0 Å². The predicted octanol–water partition coefficient (Wildman–Crippen LogP) is 2.86. The van der Waals surface area contributed by atoms with Crippen molar-refractivity contribution < 1.29 is 13.3 Å². The Morgan fingerprint density at radius 2 is 1.82 bits per heavy atom. The molecular weight excluding hydrogens is 448 g/mol. The smallest absolute Gasteiger partial charge is 0.353 e. The second-order valence-electron chi connectivity index (χ2n) is 7.00. The van der Waals surface area contributed by atoms with Crippen LogP contribution in [-0.2, 0) is 16.6 Å². The molecule has 13 heteroatoms. The number of hydrogen-bond donors (Lipinski definition) is 2. The number of imidazole rings is 1. The van der Waals surface area contributed by atoms with E-state index in [4.69, 9.17) is 0 Å². The van der Waals surface area contributed by atoms with Crippen LogP contribution in [0.3, 0.4) is 0 Å². The molecule has 2 aromatic heterocycles. The van der Waals surface area contributed by atoms with E-state index < -0.39 is 14.9 Å². The van der Waals surface area contributed by atoms with Crippen LogP contribution in [0.5, 0.6) is 0 Å². The van der Waals surface area contributed by atoms with Crippen molar-refractivity contribution in [3.8, 4) is 0 Å². The third kappa shape index (κ3) is 5.81. The molecule has 176 valence electrons. The van der Waals surface area contributed by atoms with Gasteiger partial charge in [0.1, 0.15) is 6.33 Å². The summed E-state index contributed by atoms with van der Waals surface area (Å²) in [6.45, 7) is 5.45. The quantitative estimate of drug-likeness (QED) is 0.229. The number of aromatic nitrogens is 4. The summed E-state index contributed by atoms with van der Waals surface area (Å²) in [6.07, 6.45) is 7.17. The first kappa shape index (κ1) is 24.1. The highest BCUT2D eigenvalue weighted by molar-refractivity contribution is 7.89. The first-order valence-corrected chi connectivity index (χ1v) is 11.9. The molecule has 0 radical (unpaired) electrons. The Labute approximate surface area is 191 Å². The van der Waals surface area contributed by atoms with Gasteiger partial charge in [0.2, 0.25) is 21.7 Å². The zero-order chi connectivity index (χ0) is 23.8. The Morgan fingerprint density at radius 3 is 2.42 bits per heavy atom. The highest BCUT2D eigenvalue weighted by Crippen LogP contribution is 2.31. The SMILES string of the molecule is CCN(CC)S(=O)(=O)c1ccc(Nc2ncnc(NCCCn3ccnc3)c2[N+](=O)[O-])cc1. The monoisotopic (exact) mass is 474 g/mol. The van der Waals surface area contributed by atoms with Crippen molar-refractivity contribution in [2.45, 2.75) is 31.7 Å². The lowest BCUT2D eigenvalue weighted by molar-refractivity contribution is -0.383. The molecule has 0 atom stereocenters. The zero-order valence-electron chi connectivity index (χ0n) is 18.4. The summed E-state index contributed by atoms with van der Waals surface area (Å²) in [7, 11) is -3.59. The number of sulfonamides is 1. The summed E-state index contributed by atoms with van der Waals surface area (Å²) in [5, 5.41) is 17.6. The number of anilines is 3. The fraction of sp³-hybridized carbons (Fsp3) is 0.350. The average molecular weight is 475 g/mol. The van der Waals surface area contributed by atoms with E-state index in [1.165, 1.54) is 22.8 Å². The van der Waals surface area contributed by atoms with Crippen LogP contribution < -0.4 is 10.6 Å². The maximum Gasteiger partial charge on any atom is 0.353 e. The van der Waals surface area contributed by atoms with Gasteiger partial charge in [-0.15, -0.1) is 0 Å². The molecule has 3 aromatic rings. The third-order valence-electron chi connectivity index (χ3n) is 4.91. The molecule has 3 rings (SSSR count). The first-order chi connectivity index (χ1) is 15.9. The van der Waals surface area contributed by atoms with E-state index in [1.54, 1.807) is 38.5 Å². The van der Waals surface area contributed by atoms with Crippen molar-refractivity contribution >= 4 is 33.0 Å². The Hall–Kier alpha value is -3.58. The van der Waals surface area contributed by atoms with Gasteiger partial charge >= 0.3 is 5.69 Å². The lowest BCUT2D eigenvalue weighted by atomic mass is 10.3. The largest absolute Gasteiger partial charge is 0.364 e. The van der Waals surface area contributed by atoms with Crippen LogP contribution in [0.2, 0.25) is 0 Å². The number of nitro groups is 1. The second-order valence-corrected chi connectivity index (χ2v) is 8.93. The lowest BCUT2D eigenvalue weighted by Gasteiger charge is -2.18. The molecule has 0 aliphatic carbocycles. The number of aryl methyl sites for hydroxylation is 1. The maximum atomic E-state index is 12.6. The maximum absolute atomic E-state index is 12.6. The summed E-state index contributed by atoms with van der Waals surface area (Å²) >= 11 is 0. The van der Waals surface area contributed by atoms with Gasteiger partial charge < -0.3 is 15.2 Å². The molecule has 1 aromatic carbocycles. The highest BCUT2D eigenvalue weighted by Gasteiger charge is 2.24. The summed E-state index contributed by atoms with van der Waals surface area (Å²) < 4.78 is 28.5. The minimum Gasteiger partial charge on any atom is -0.364 e. The molecule has 0 spiro atoms. The minimum absolute atomic E-state index is 0.00598. The predicted molar refractivity (Wildman–Crippen MR) is 124 cm³/mol. The molecule has 0 aliphatic rings. The van der Waals surface area contributed by atoms with Gasteiger partial charge in [0.25, 0.3) is 0 Å². The molecule has 0 fully saturated rings. The van der Waals surface area contributed by atoms with Gasteiger partial charge in [-0.3, -0.25) is 10.1 Å². The second kappa shape index (κ2) is 10.8. The van der Waals surface area contributed by atoms with Crippen molar-refractivity contribution in [2.24, 2.45) is 0 Å². The fourth-order valence-corrected chi connectivity index (χ4v) is 4.68. The molecule has 12 nitrogen and oxygen atoms in total. The van der Waals surface area contributed by atoms with Gasteiger partial charge in [-0.2, -0.15) is 4.31 Å². The van der Waals surface area contributed by atoms with Crippen LogP contribution in [0.1, 0.15) is 20.3 Å². The molecule has 2 N–H and O–H groups in total. The van der Waals surface area contributed by atoms with E-state index in [2.05, 4.69) is 25.6 Å². The zero-order valence-corrected chi connectivity index (χ0v) is 19.2. The van der Waals surface area contributed by atoms with Gasteiger partial charge in [0.05, 0.1) is 16.1 Å². The van der Waals surface area contributed by atoms with Crippen molar-refractivity contribution in [1.29, 1.82) is 0 Å². The van der Waals surface area contributed by atoms with Gasteiger partial charge in [0, 0.05) is 44.3 Å². The van der Waals surface area contributed by atoms with Crippen molar-refractivity contribution in [3.63, 3.8) is 0 Å². The minimum atomic E-state index is -3.59. The van der Waals surface area contributed by atoms with Crippen LogP contribution >= 0.6 is 0 Å². The molecule has 33 heavy (non-hydrogen) atoms. The van der Waals surface area contributed by atoms with Crippen molar-refractivity contribution in [1.82, 2.24) is 23.8 Å². The van der Waals surface area contributed by atoms with Crippen LogP contribution in [-0.4, -0.2) is 56.8 Å². The van der Waals surface area contributed by atoms with Crippen LogP contribution in [0.15, 0.2) is 54.2 Å². The number of rotatable bonds is 12. The van der Waals surface area contributed by atoms with E-state index in [9.17, 15) is 18.5 Å². The van der Waals surface area contributed by atoms with E-state index in [1.807, 2.05) is 10.8 Å². The average Bonchev–Trinajstić information content (AvgIpc) is 3.31. The number of benzene rings is 1. The Morgan fingerprint density at radius 1 is 1.12 bits per heavy atom. The van der Waals surface area contributed by atoms with Gasteiger partial charge in [-0.25, -0.2) is 23.4 Å². The van der Waals surface area contributed by atoms with E-state index in [0.29, 0.717) is 38.3 Å². The Kier molecular flexibility index (Phi) is 7.90. The molecule has 0 amide bonds. The normalized spacial score (nSPS) is 11.5. The number of nitrogens with one attached hydrogen (secondary N) is 2. The molecule has 0 unspecified atom stereocenters. The molecule has 2 heterocycles. The lowest BCUT2D eigenvalue weighted by Crippen LogP contribution is -2.30. The van der Waals surface area contributed by atoms with Crippen molar-refractivity contribution in [3.05, 3.63) is 59.4 Å². The topological polar surface area (TPSA) is 148 Å². The molecule has 0 saturated carbocycles. The molecule has 0 bridgehead atoms. The van der Waals surface area contributed by atoms with Gasteiger partial charge in [-0.05, 0) is 30.7 Å². The highest BCUT2D eigenvalue weighted by atomic mass is 32.2. The molecule has 0 saturated heterocycles. The van der Waals surface area contributed by atoms with E-state index in [0.717, 1.165) is 0 Å². The fourth-order valence-electron chi connectivity index (χ4n) is 3.22. The number of nitrogens with zero attached hydrogens (tertiary/aromatic N) is 6. The van der Waals surface area contributed by atoms with Crippen LogP contribution in [0.4, 0.5) is 23.0 Å². The van der Waals surface area contributed by atoms with Gasteiger partial charge in [0.15, 0.2) is 0 Å². The molecule has 0 aliphatic heterocycles. The first-order valence-electron chi connectivity index (χ1n) is 10.4. The van der Waals surface area contributed by atoms with Gasteiger partial charge in [-0.1, -0.05) is 13.8 Å². The standard InChI is InChI=1S/C20H26N8O4S/c1-3-27(4-2)33(31,32)17-8-6-16(7-9-17)25-20-18(28(29)30)19(23-14-24-20)22-10-5-12-26-13-11-21-15-26/h6-9,11,13-15H,3-5,10,12H2,1-2H3,(H2,22,23,24,25). The third-order valence-corrected chi connectivity index (χ3v) is 6.97. The molecular formula is C20H26N8O4S. The van der Waals surface area contributed by atoms with E-state index in [-0.39, 0.29) is 22.2 Å². The summed E-state index contributed by atoms with van der Waals surface area (Å²) in [5.41, 5.74) is 0.168.